The molecule has 1 aromatic heterocycles. The predicted octanol–water partition coefficient (Wildman–Crippen LogP) is 3.04. The van der Waals surface area contributed by atoms with Crippen LogP contribution in [0.5, 0.6) is 0 Å². The van der Waals surface area contributed by atoms with E-state index in [0.29, 0.717) is 30.6 Å². The van der Waals surface area contributed by atoms with Gasteiger partial charge in [0.2, 0.25) is 5.89 Å². The van der Waals surface area contributed by atoms with Crippen molar-refractivity contribution in [2.75, 3.05) is 13.6 Å². The van der Waals surface area contributed by atoms with Crippen LogP contribution in [-0.2, 0) is 12.0 Å². The fourth-order valence-electron chi connectivity index (χ4n) is 4.12. The monoisotopic (exact) mass is 361 g/mol. The quantitative estimate of drug-likeness (QED) is 0.637. The van der Waals surface area contributed by atoms with Gasteiger partial charge in [-0.2, -0.15) is 0 Å². The smallest absolute Gasteiger partial charge is 0.216 e. The SMILES string of the molecule is CCNC(=NCc1ncc(C(C)(C)C)o1)NC1CC2CCCC(C1)N2C. The summed E-state index contributed by atoms with van der Waals surface area (Å²) >= 11 is 0. The number of piperidine rings is 2. The number of nitrogens with one attached hydrogen (secondary N) is 2. The zero-order valence-corrected chi connectivity index (χ0v) is 17.0. The molecule has 2 atom stereocenters. The van der Waals surface area contributed by atoms with Gasteiger partial charge in [0.05, 0.1) is 6.20 Å². The summed E-state index contributed by atoms with van der Waals surface area (Å²) in [6, 6.07) is 1.92. The van der Waals surface area contributed by atoms with Crippen molar-refractivity contribution in [2.45, 2.75) is 89.9 Å². The average molecular weight is 362 g/mol. The molecule has 0 radical (unpaired) electrons. The van der Waals surface area contributed by atoms with Crippen molar-refractivity contribution in [3.05, 3.63) is 17.8 Å². The van der Waals surface area contributed by atoms with Crippen LogP contribution < -0.4 is 10.6 Å². The number of oxazole rings is 1. The molecule has 2 aliphatic heterocycles. The minimum Gasteiger partial charge on any atom is -0.443 e. The first-order chi connectivity index (χ1) is 12.4. The summed E-state index contributed by atoms with van der Waals surface area (Å²) in [5.41, 5.74) is -0.0242. The van der Waals surface area contributed by atoms with Crippen LogP contribution in [0.1, 0.15) is 71.5 Å². The molecule has 3 heterocycles. The summed E-state index contributed by atoms with van der Waals surface area (Å²) in [7, 11) is 2.29. The Balaban J connectivity index is 1.61. The topological polar surface area (TPSA) is 65.7 Å². The molecule has 2 N–H and O–H groups in total. The van der Waals surface area contributed by atoms with Crippen molar-refractivity contribution >= 4 is 5.96 Å². The largest absolute Gasteiger partial charge is 0.443 e. The van der Waals surface area contributed by atoms with Crippen molar-refractivity contribution < 1.29 is 4.42 Å². The molecule has 3 rings (SSSR count). The summed E-state index contributed by atoms with van der Waals surface area (Å²) in [4.78, 5) is 11.7. The molecule has 2 bridgehead atoms. The highest BCUT2D eigenvalue weighted by Crippen LogP contribution is 2.32. The van der Waals surface area contributed by atoms with Crippen LogP contribution in [0.25, 0.3) is 0 Å². The second kappa shape index (κ2) is 7.99. The van der Waals surface area contributed by atoms with Gasteiger partial charge < -0.3 is 20.0 Å². The first-order valence-corrected chi connectivity index (χ1v) is 10.1. The van der Waals surface area contributed by atoms with Gasteiger partial charge in [0.15, 0.2) is 5.96 Å². The maximum absolute atomic E-state index is 5.86. The number of guanidine groups is 1. The first kappa shape index (κ1) is 19.2. The number of hydrogen-bond acceptors (Lipinski definition) is 4. The normalized spacial score (nSPS) is 27.4. The molecule has 0 spiro atoms. The van der Waals surface area contributed by atoms with E-state index < -0.39 is 0 Å². The van der Waals surface area contributed by atoms with Crippen molar-refractivity contribution in [1.82, 2.24) is 20.5 Å². The van der Waals surface area contributed by atoms with Gasteiger partial charge in [-0.05, 0) is 39.7 Å². The van der Waals surface area contributed by atoms with Gasteiger partial charge >= 0.3 is 0 Å². The molecule has 6 heteroatoms. The van der Waals surface area contributed by atoms with Crippen molar-refractivity contribution in [2.24, 2.45) is 4.99 Å². The minimum absolute atomic E-state index is 0.0242. The number of aliphatic imine (C=N–C) groups is 1. The molecule has 0 amide bonds. The summed E-state index contributed by atoms with van der Waals surface area (Å²) in [6.07, 6.45) is 8.24. The molecule has 0 saturated carbocycles. The number of rotatable bonds is 4. The van der Waals surface area contributed by atoms with E-state index >= 15 is 0 Å². The molecule has 146 valence electrons. The number of aromatic nitrogens is 1. The van der Waals surface area contributed by atoms with Crippen LogP contribution in [-0.4, -0.2) is 47.6 Å². The minimum atomic E-state index is -0.0242. The van der Waals surface area contributed by atoms with Crippen molar-refractivity contribution in [3.63, 3.8) is 0 Å². The van der Waals surface area contributed by atoms with Crippen molar-refractivity contribution in [1.29, 1.82) is 0 Å². The van der Waals surface area contributed by atoms with Crippen molar-refractivity contribution in [3.8, 4) is 0 Å². The third kappa shape index (κ3) is 4.58. The summed E-state index contributed by atoms with van der Waals surface area (Å²) in [5, 5.41) is 7.03. The molecular formula is C20H35N5O. The van der Waals surface area contributed by atoms with Gasteiger partial charge in [-0.15, -0.1) is 0 Å². The Morgan fingerprint density at radius 1 is 1.31 bits per heavy atom. The highest BCUT2D eigenvalue weighted by Gasteiger charge is 2.36. The summed E-state index contributed by atoms with van der Waals surface area (Å²) in [6.45, 7) is 9.80. The Bertz CT molecular complexity index is 604. The highest BCUT2D eigenvalue weighted by molar-refractivity contribution is 5.80. The Labute approximate surface area is 157 Å². The fraction of sp³-hybridized carbons (Fsp3) is 0.800. The maximum atomic E-state index is 5.86. The van der Waals surface area contributed by atoms with Crippen LogP contribution in [0.15, 0.2) is 15.6 Å². The standard InChI is InChI=1S/C20H35N5O/c1-6-21-19(23-13-18-22-12-17(26-18)20(2,3)4)24-14-10-15-8-7-9-16(11-14)25(15)5/h12,14-16H,6-11,13H2,1-5H3,(H2,21,23,24). The van der Waals surface area contributed by atoms with Gasteiger partial charge in [0.1, 0.15) is 12.3 Å². The van der Waals surface area contributed by atoms with Gasteiger partial charge in [-0.3, -0.25) is 0 Å². The van der Waals surface area contributed by atoms with E-state index in [1.165, 1.54) is 32.1 Å². The van der Waals surface area contributed by atoms with Gasteiger partial charge in [0.25, 0.3) is 0 Å². The van der Waals surface area contributed by atoms with E-state index in [1.807, 2.05) is 6.20 Å². The number of hydrogen-bond donors (Lipinski definition) is 2. The molecule has 2 aliphatic rings. The fourth-order valence-corrected chi connectivity index (χ4v) is 4.12. The zero-order valence-electron chi connectivity index (χ0n) is 17.0. The van der Waals surface area contributed by atoms with Crippen LogP contribution in [0, 0.1) is 0 Å². The van der Waals surface area contributed by atoms with Gasteiger partial charge in [-0.1, -0.05) is 27.2 Å². The van der Waals surface area contributed by atoms with E-state index in [2.05, 4.69) is 55.3 Å². The van der Waals surface area contributed by atoms with Crippen LogP contribution in [0.3, 0.4) is 0 Å². The Kier molecular flexibility index (Phi) is 5.90. The van der Waals surface area contributed by atoms with E-state index in [9.17, 15) is 0 Å². The molecule has 6 nitrogen and oxygen atoms in total. The van der Waals surface area contributed by atoms with E-state index in [-0.39, 0.29) is 5.41 Å². The third-order valence-electron chi connectivity index (χ3n) is 5.69. The molecule has 0 aromatic carbocycles. The lowest BCUT2D eigenvalue weighted by Crippen LogP contribution is -2.56. The molecule has 0 aliphatic carbocycles. The Hall–Kier alpha value is -1.56. The summed E-state index contributed by atoms with van der Waals surface area (Å²) in [5.74, 6) is 2.45. The lowest BCUT2D eigenvalue weighted by Gasteiger charge is -2.47. The first-order valence-electron chi connectivity index (χ1n) is 10.1. The zero-order chi connectivity index (χ0) is 18.7. The second-order valence-electron chi connectivity index (χ2n) is 8.78. The molecule has 1 aromatic rings. The number of fused-ring (bicyclic) bond motifs is 2. The van der Waals surface area contributed by atoms with Crippen LogP contribution in [0.4, 0.5) is 0 Å². The lowest BCUT2D eigenvalue weighted by molar-refractivity contribution is 0.0526. The lowest BCUT2D eigenvalue weighted by atomic mass is 9.82. The summed E-state index contributed by atoms with van der Waals surface area (Å²) < 4.78 is 5.86. The van der Waals surface area contributed by atoms with Crippen LogP contribution in [0.2, 0.25) is 0 Å². The molecule has 2 saturated heterocycles. The van der Waals surface area contributed by atoms with Crippen LogP contribution >= 0.6 is 0 Å². The molecule has 2 fully saturated rings. The molecule has 2 unspecified atom stereocenters. The second-order valence-corrected chi connectivity index (χ2v) is 8.78. The predicted molar refractivity (Wildman–Crippen MR) is 105 cm³/mol. The van der Waals surface area contributed by atoms with E-state index in [0.717, 1.165) is 18.3 Å². The van der Waals surface area contributed by atoms with Gasteiger partial charge in [0, 0.05) is 30.1 Å². The third-order valence-corrected chi connectivity index (χ3v) is 5.69. The van der Waals surface area contributed by atoms with E-state index in [4.69, 9.17) is 9.41 Å². The average Bonchev–Trinajstić information content (AvgIpc) is 3.03. The van der Waals surface area contributed by atoms with Gasteiger partial charge in [-0.25, -0.2) is 9.98 Å². The van der Waals surface area contributed by atoms with E-state index in [1.54, 1.807) is 0 Å². The Morgan fingerprint density at radius 3 is 2.58 bits per heavy atom. The highest BCUT2D eigenvalue weighted by atomic mass is 16.4. The Morgan fingerprint density at radius 2 is 2.00 bits per heavy atom. The maximum Gasteiger partial charge on any atom is 0.216 e. The molecular weight excluding hydrogens is 326 g/mol. The molecule has 26 heavy (non-hydrogen) atoms. The number of nitrogens with zero attached hydrogens (tertiary/aromatic N) is 3.